The van der Waals surface area contributed by atoms with E-state index in [0.717, 1.165) is 16.0 Å². The quantitative estimate of drug-likeness (QED) is 0.291. The molecule has 0 saturated heterocycles. The highest BCUT2D eigenvalue weighted by Crippen LogP contribution is 2.30. The van der Waals surface area contributed by atoms with Crippen molar-refractivity contribution in [2.75, 3.05) is 6.61 Å². The third kappa shape index (κ3) is 4.82. The molecule has 1 aromatic heterocycles. The molecule has 2 amide bonds. The van der Waals surface area contributed by atoms with Crippen LogP contribution in [0.1, 0.15) is 35.5 Å². The Balaban J connectivity index is 1.64. The Bertz CT molecular complexity index is 1390. The molecule has 3 aromatic rings. The average molecular weight is 466 g/mol. The molecule has 1 aliphatic heterocycles. The number of carbonyl (C=O) groups excluding carboxylic acids is 3. The van der Waals surface area contributed by atoms with Gasteiger partial charge in [0.2, 0.25) is 0 Å². The molecule has 0 saturated carbocycles. The van der Waals surface area contributed by atoms with Crippen molar-refractivity contribution in [3.8, 4) is 17.4 Å². The molecule has 7 nitrogen and oxygen atoms in total. The lowest BCUT2D eigenvalue weighted by molar-refractivity contribution is -0.141. The van der Waals surface area contributed by atoms with Crippen LogP contribution in [0.25, 0.3) is 17.4 Å². The van der Waals surface area contributed by atoms with Crippen molar-refractivity contribution in [2.45, 2.75) is 20.4 Å². The molecule has 0 N–H and O–H groups in total. The summed E-state index contributed by atoms with van der Waals surface area (Å²) in [6, 6.07) is 21.3. The van der Waals surface area contributed by atoms with E-state index >= 15 is 0 Å². The predicted octanol–water partition coefficient (Wildman–Crippen LogP) is 4.92. The maximum Gasteiger partial charge on any atom is 0.338 e. The predicted molar refractivity (Wildman–Crippen MR) is 128 cm³/mol. The van der Waals surface area contributed by atoms with Gasteiger partial charge in [0.15, 0.2) is 0 Å². The van der Waals surface area contributed by atoms with Crippen LogP contribution in [-0.4, -0.2) is 29.3 Å². The van der Waals surface area contributed by atoms with Crippen molar-refractivity contribution < 1.29 is 23.5 Å². The zero-order chi connectivity index (χ0) is 24.9. The Hall–Kier alpha value is -4.70. The summed E-state index contributed by atoms with van der Waals surface area (Å²) in [6.45, 7) is 3.68. The number of carbonyl (C=O) groups is 3. The fourth-order valence-electron chi connectivity index (χ4n) is 3.75. The van der Waals surface area contributed by atoms with Crippen LogP contribution in [0.3, 0.4) is 0 Å². The highest BCUT2D eigenvalue weighted by atomic mass is 16.5. The minimum absolute atomic E-state index is 0.0600. The minimum Gasteiger partial charge on any atom is -0.462 e. The molecule has 7 heteroatoms. The van der Waals surface area contributed by atoms with E-state index < -0.39 is 17.8 Å². The highest BCUT2D eigenvalue weighted by molar-refractivity contribution is 6.19. The van der Waals surface area contributed by atoms with E-state index in [1.54, 1.807) is 50.2 Å². The topological polar surface area (TPSA) is 101 Å². The second kappa shape index (κ2) is 10.1. The first-order valence-corrected chi connectivity index (χ1v) is 11.0. The largest absolute Gasteiger partial charge is 0.462 e. The van der Waals surface area contributed by atoms with E-state index in [9.17, 15) is 19.6 Å². The molecule has 2 heterocycles. The van der Waals surface area contributed by atoms with Gasteiger partial charge in [0.1, 0.15) is 23.2 Å². The number of furan rings is 1. The van der Waals surface area contributed by atoms with Gasteiger partial charge in [-0.15, -0.1) is 0 Å². The Morgan fingerprint density at radius 1 is 1.03 bits per heavy atom. The number of rotatable bonds is 6. The third-order valence-corrected chi connectivity index (χ3v) is 5.60. The van der Waals surface area contributed by atoms with Gasteiger partial charge in [-0.05, 0) is 55.3 Å². The minimum atomic E-state index is -0.613. The van der Waals surface area contributed by atoms with E-state index in [2.05, 4.69) is 0 Å². The molecule has 174 valence electrons. The number of esters is 1. The molecule has 0 bridgehead atoms. The van der Waals surface area contributed by atoms with Gasteiger partial charge in [-0.2, -0.15) is 5.26 Å². The van der Waals surface area contributed by atoms with Crippen molar-refractivity contribution in [1.82, 2.24) is 4.90 Å². The first-order valence-electron chi connectivity index (χ1n) is 11.0. The van der Waals surface area contributed by atoms with Crippen LogP contribution >= 0.6 is 0 Å². The standard InChI is InChI=1S/C28H22N2O5/c1-3-34-28(33)21-11-9-20(10-12-21)25-14-13-22(35-25)15-23-18(2)24(16-29)27(32)30(26(23)31)17-19-7-5-4-6-8-19/h4-15H,3,17H2,1-2H3/b23-15+. The molecule has 0 unspecified atom stereocenters. The van der Waals surface area contributed by atoms with Crippen LogP contribution in [-0.2, 0) is 20.9 Å². The summed E-state index contributed by atoms with van der Waals surface area (Å²) in [5.74, 6) is -0.576. The lowest BCUT2D eigenvalue weighted by Crippen LogP contribution is -2.42. The van der Waals surface area contributed by atoms with E-state index in [1.165, 1.54) is 6.08 Å². The third-order valence-electron chi connectivity index (χ3n) is 5.60. The first kappa shape index (κ1) is 23.5. The number of ether oxygens (including phenoxy) is 1. The van der Waals surface area contributed by atoms with Gasteiger partial charge in [0, 0.05) is 11.1 Å². The SMILES string of the molecule is CCOC(=O)c1ccc(-c2ccc(/C=C3/C(=O)N(Cc4ccccc4)C(=O)C(C#N)=C3C)o2)cc1. The smallest absolute Gasteiger partial charge is 0.338 e. The monoisotopic (exact) mass is 466 g/mol. The van der Waals surface area contributed by atoms with Crippen LogP contribution in [0.15, 0.2) is 87.9 Å². The van der Waals surface area contributed by atoms with Crippen molar-refractivity contribution in [1.29, 1.82) is 5.26 Å². The van der Waals surface area contributed by atoms with Gasteiger partial charge in [0.25, 0.3) is 11.8 Å². The summed E-state index contributed by atoms with van der Waals surface area (Å²) in [4.78, 5) is 39.0. The number of amides is 2. The van der Waals surface area contributed by atoms with Gasteiger partial charge in [-0.1, -0.05) is 42.5 Å². The Morgan fingerprint density at radius 3 is 2.40 bits per heavy atom. The molecule has 0 radical (unpaired) electrons. The van der Waals surface area contributed by atoms with Crippen LogP contribution < -0.4 is 0 Å². The molecule has 0 fully saturated rings. The van der Waals surface area contributed by atoms with Gasteiger partial charge in [0.05, 0.1) is 18.7 Å². The molecule has 0 atom stereocenters. The van der Waals surface area contributed by atoms with E-state index in [4.69, 9.17) is 9.15 Å². The first-order chi connectivity index (χ1) is 16.9. The summed E-state index contributed by atoms with van der Waals surface area (Å²) in [5.41, 5.74) is 2.40. The van der Waals surface area contributed by atoms with E-state index in [1.807, 2.05) is 36.4 Å². The van der Waals surface area contributed by atoms with Gasteiger partial charge in [-0.3, -0.25) is 14.5 Å². The van der Waals surface area contributed by atoms with E-state index in [0.29, 0.717) is 29.3 Å². The molecule has 4 rings (SSSR count). The second-order valence-corrected chi connectivity index (χ2v) is 7.85. The number of benzene rings is 2. The summed E-state index contributed by atoms with van der Waals surface area (Å²) >= 11 is 0. The summed E-state index contributed by atoms with van der Waals surface area (Å²) < 4.78 is 10.9. The fraction of sp³-hybridized carbons (Fsp3) is 0.143. The number of nitrogens with zero attached hydrogens (tertiary/aromatic N) is 2. The number of hydrogen-bond acceptors (Lipinski definition) is 6. The van der Waals surface area contributed by atoms with Crippen molar-refractivity contribution in [3.63, 3.8) is 0 Å². The van der Waals surface area contributed by atoms with Gasteiger partial charge < -0.3 is 9.15 Å². The molecular weight excluding hydrogens is 444 g/mol. The van der Waals surface area contributed by atoms with Gasteiger partial charge >= 0.3 is 5.97 Å². The van der Waals surface area contributed by atoms with Crippen LogP contribution in [0, 0.1) is 11.3 Å². The fourth-order valence-corrected chi connectivity index (χ4v) is 3.75. The maximum absolute atomic E-state index is 13.3. The number of imide groups is 1. The van der Waals surface area contributed by atoms with Crippen molar-refractivity contribution >= 4 is 23.9 Å². The summed E-state index contributed by atoms with van der Waals surface area (Å²) in [7, 11) is 0. The van der Waals surface area contributed by atoms with Crippen LogP contribution in [0.4, 0.5) is 0 Å². The lowest BCUT2D eigenvalue weighted by atomic mass is 9.94. The molecule has 1 aliphatic rings. The van der Waals surface area contributed by atoms with Crippen molar-refractivity contribution in [2.24, 2.45) is 0 Å². The number of nitriles is 1. The zero-order valence-corrected chi connectivity index (χ0v) is 19.3. The molecular formula is C28H22N2O5. The highest BCUT2D eigenvalue weighted by Gasteiger charge is 2.35. The molecule has 35 heavy (non-hydrogen) atoms. The maximum atomic E-state index is 13.3. The normalized spacial score (nSPS) is 14.9. The summed E-state index contributed by atoms with van der Waals surface area (Å²) in [6.07, 6.45) is 1.54. The number of hydrogen-bond donors (Lipinski definition) is 0. The Labute approximate surface area is 202 Å². The molecule has 0 spiro atoms. The average Bonchev–Trinajstić information content (AvgIpc) is 3.34. The summed E-state index contributed by atoms with van der Waals surface area (Å²) in [5, 5.41) is 9.58. The van der Waals surface area contributed by atoms with E-state index in [-0.39, 0.29) is 17.7 Å². The van der Waals surface area contributed by atoms with Crippen LogP contribution in [0.5, 0.6) is 0 Å². The van der Waals surface area contributed by atoms with Crippen LogP contribution in [0.2, 0.25) is 0 Å². The zero-order valence-electron chi connectivity index (χ0n) is 19.3. The second-order valence-electron chi connectivity index (χ2n) is 7.85. The van der Waals surface area contributed by atoms with Gasteiger partial charge in [-0.25, -0.2) is 4.79 Å². The lowest BCUT2D eigenvalue weighted by Gasteiger charge is -2.27. The Morgan fingerprint density at radius 2 is 1.74 bits per heavy atom. The Kier molecular flexibility index (Phi) is 6.74. The molecule has 2 aromatic carbocycles. The van der Waals surface area contributed by atoms with Crippen molar-refractivity contribution in [3.05, 3.63) is 100 Å². The molecule has 0 aliphatic carbocycles.